The van der Waals surface area contributed by atoms with Gasteiger partial charge >= 0.3 is 39.0 Å². The van der Waals surface area contributed by atoms with Crippen LogP contribution in [0.2, 0.25) is 0 Å². The standard InChI is InChI=1S/C56H54N4.C44H30N4.2Zn/c1-29-17-33(5)48(34(6)18-29)46-27-45-26-43-14-13-41(57-43)25-42-15-16-44(58-42)28-47-52(49-35(7)19-30(2)20-36(49)8)53(50-37(9)21-31(3)22-38(50)10)56(60-47)54(55(46)59-45)51-39(11)23-32(4)24-40(51)12;1-5-13-29(14-6-1)38-27-37-26-35-22-21-33(45-35)25-34-23-24-36(46-34)28-39-40(30-15-7-2-8-16-30)41(31-17-9-3-10-18-31)44(48-39)42(43(38)47-37)32-19-11-4-12-20-32;;/h13-28,57,60H,1-12H3;1-28,45,48H;;/q;;2*+2. The van der Waals surface area contributed by atoms with Gasteiger partial charge in [-0.1, -0.05) is 192 Å². The van der Waals surface area contributed by atoms with Gasteiger partial charge in [-0.05, 0) is 269 Å². The van der Waals surface area contributed by atoms with Gasteiger partial charge in [0.1, 0.15) is 0 Å². The van der Waals surface area contributed by atoms with Crippen LogP contribution in [-0.2, 0) is 39.0 Å². The summed E-state index contributed by atoms with van der Waals surface area (Å²) in [6, 6.07) is 82.4. The Morgan fingerprint density at radius 2 is 0.518 bits per heavy atom. The van der Waals surface area contributed by atoms with E-state index in [-0.39, 0.29) is 39.0 Å². The fourth-order valence-electron chi connectivity index (χ4n) is 17.3. The zero-order chi connectivity index (χ0) is 74.2. The fraction of sp³-hybridized carbons (Fsp3) is 0.120. The number of benzene rings is 8. The van der Waals surface area contributed by atoms with Gasteiger partial charge in [-0.2, -0.15) is 0 Å². The van der Waals surface area contributed by atoms with Crippen LogP contribution < -0.4 is 0 Å². The summed E-state index contributed by atoms with van der Waals surface area (Å²) in [6.07, 6.45) is 12.9. The quantitative estimate of drug-likeness (QED) is 0.113. The molecule has 10 heteroatoms. The summed E-state index contributed by atoms with van der Waals surface area (Å²) in [5, 5.41) is 0. The summed E-state index contributed by atoms with van der Waals surface area (Å²) in [6.45, 7) is 26.9. The molecule has 18 rings (SSSR count). The van der Waals surface area contributed by atoms with E-state index in [9.17, 15) is 0 Å². The number of hydrogen-bond acceptors (Lipinski definition) is 4. The van der Waals surface area contributed by atoms with Crippen LogP contribution >= 0.6 is 0 Å². The van der Waals surface area contributed by atoms with Crippen molar-refractivity contribution in [2.45, 2.75) is 83.1 Å². The van der Waals surface area contributed by atoms with Crippen LogP contribution in [0.15, 0.2) is 231 Å². The van der Waals surface area contributed by atoms with E-state index in [1.807, 2.05) is 0 Å². The first-order chi connectivity index (χ1) is 52.4. The van der Waals surface area contributed by atoms with Crippen molar-refractivity contribution in [2.24, 2.45) is 0 Å². The normalized spacial score (nSPS) is 12.1. The predicted octanol–water partition coefficient (Wildman–Crippen LogP) is 25.8. The zero-order valence-electron chi connectivity index (χ0n) is 64.6. The molecule has 4 aliphatic heterocycles. The number of nitrogens with one attached hydrogen (secondary N) is 4. The van der Waals surface area contributed by atoms with Crippen LogP contribution in [-0.4, -0.2) is 39.9 Å². The van der Waals surface area contributed by atoms with E-state index < -0.39 is 0 Å². The van der Waals surface area contributed by atoms with Crippen LogP contribution in [0, 0.1) is 83.1 Å². The SMILES string of the molecule is C1=Cc2cc3[nH]c(c(-c4ccccc4)c4nc(cc5ccc(cc1n2)[nH]5)C=C4c1ccccc1)c(-c1ccccc1)c3-c1ccccc1.Cc1cc(C)c(C2=Cc3cc4ccc(cc5nc(cc6[nH]c(c(-c7c(C)cc(C)cc7C)c2n3)c(-c2c(C)cc(C)cc2C)c6-c2c(C)cc(C)cc2C)C=C5)[nH]4)c(C)c1.[Zn+2].[Zn+2]. The third kappa shape index (κ3) is 14.2. The summed E-state index contributed by atoms with van der Waals surface area (Å²) in [7, 11) is 0. The maximum absolute atomic E-state index is 5.74. The van der Waals surface area contributed by atoms with Crippen molar-refractivity contribution in [3.05, 3.63) is 354 Å². The average Bonchev–Trinajstić information content (AvgIpc) is 1.57. The summed E-state index contributed by atoms with van der Waals surface area (Å²) in [4.78, 5) is 36.7. The molecule has 0 unspecified atom stereocenters. The van der Waals surface area contributed by atoms with E-state index in [0.29, 0.717) is 0 Å². The minimum Gasteiger partial charge on any atom is -0.355 e. The largest absolute Gasteiger partial charge is 2.00 e. The van der Waals surface area contributed by atoms with Crippen LogP contribution in [0.25, 0.3) is 158 Å². The number of rotatable bonds is 8. The molecule has 4 aliphatic rings. The van der Waals surface area contributed by atoms with E-state index in [1.54, 1.807) is 0 Å². The molecular weight excluding hydrogens is 1440 g/mol. The summed E-state index contributed by atoms with van der Waals surface area (Å²) >= 11 is 0. The monoisotopic (exact) mass is 1520 g/mol. The third-order valence-corrected chi connectivity index (χ3v) is 21.2. The van der Waals surface area contributed by atoms with Crippen LogP contribution in [0.4, 0.5) is 0 Å². The van der Waals surface area contributed by atoms with Gasteiger partial charge in [0.05, 0.1) is 56.6 Å². The van der Waals surface area contributed by atoms with Gasteiger partial charge in [-0.3, -0.25) is 0 Å². The summed E-state index contributed by atoms with van der Waals surface area (Å²) < 4.78 is 0. The first-order valence-electron chi connectivity index (χ1n) is 37.3. The Morgan fingerprint density at radius 1 is 0.218 bits per heavy atom. The molecule has 14 aromatic rings. The number of H-pyrrole nitrogens is 4. The molecule has 10 heterocycles. The molecule has 0 aliphatic carbocycles. The zero-order valence-corrected chi connectivity index (χ0v) is 70.5. The Bertz CT molecular complexity index is 6450. The smallest absolute Gasteiger partial charge is 0.355 e. The van der Waals surface area contributed by atoms with E-state index in [4.69, 9.17) is 19.9 Å². The van der Waals surface area contributed by atoms with Crippen molar-refractivity contribution in [1.29, 1.82) is 0 Å². The molecule has 8 nitrogen and oxygen atoms in total. The van der Waals surface area contributed by atoms with Crippen molar-refractivity contribution in [1.82, 2.24) is 39.9 Å². The van der Waals surface area contributed by atoms with Gasteiger partial charge in [0.25, 0.3) is 0 Å². The van der Waals surface area contributed by atoms with E-state index >= 15 is 0 Å². The number of fused-ring (bicyclic) bond motifs is 16. The maximum Gasteiger partial charge on any atom is 2.00 e. The molecule has 0 saturated heterocycles. The minimum absolute atomic E-state index is 0. The fourth-order valence-corrected chi connectivity index (χ4v) is 17.3. The molecule has 0 saturated carbocycles. The topological polar surface area (TPSA) is 115 Å². The molecule has 0 amide bonds. The first-order valence-corrected chi connectivity index (χ1v) is 37.3. The molecule has 524 valence electrons. The van der Waals surface area contributed by atoms with Gasteiger partial charge in [-0.25, -0.2) is 19.9 Å². The number of aromatic amines is 4. The molecule has 0 radical (unpaired) electrons. The van der Waals surface area contributed by atoms with Gasteiger partial charge in [-0.15, -0.1) is 0 Å². The Hall–Kier alpha value is -11.8. The second-order valence-corrected chi connectivity index (χ2v) is 29.7. The molecule has 4 N–H and O–H groups in total. The predicted molar refractivity (Wildman–Crippen MR) is 456 cm³/mol. The van der Waals surface area contributed by atoms with E-state index in [2.05, 4.69) is 370 Å². The molecule has 0 spiro atoms. The molecule has 8 aromatic carbocycles. The van der Waals surface area contributed by atoms with Gasteiger partial charge in [0.15, 0.2) is 0 Å². The number of nitrogens with zero attached hydrogens (tertiary/aromatic N) is 4. The molecular formula is C100H84N8Zn2+4. The second-order valence-electron chi connectivity index (χ2n) is 29.7. The molecule has 6 aromatic heterocycles. The second kappa shape index (κ2) is 30.3. The van der Waals surface area contributed by atoms with E-state index in [0.717, 1.165) is 145 Å². The molecule has 110 heavy (non-hydrogen) atoms. The maximum atomic E-state index is 5.74. The van der Waals surface area contributed by atoms with Crippen LogP contribution in [0.5, 0.6) is 0 Å². The number of aryl methyl sites for hydroxylation is 12. The van der Waals surface area contributed by atoms with Gasteiger partial charge in [0, 0.05) is 77.6 Å². The van der Waals surface area contributed by atoms with Gasteiger partial charge in [0.2, 0.25) is 0 Å². The van der Waals surface area contributed by atoms with Crippen LogP contribution in [0.1, 0.15) is 123 Å². The minimum atomic E-state index is 0. The van der Waals surface area contributed by atoms with E-state index in [1.165, 1.54) is 100 Å². The van der Waals surface area contributed by atoms with Crippen molar-refractivity contribution in [2.75, 3.05) is 0 Å². The first kappa shape index (κ1) is 73.7. The molecule has 16 bridgehead atoms. The summed E-state index contributed by atoms with van der Waals surface area (Å²) in [5.74, 6) is 0. The number of hydrogen-bond donors (Lipinski definition) is 4. The third-order valence-electron chi connectivity index (χ3n) is 21.2. The average molecular weight is 1530 g/mol. The van der Waals surface area contributed by atoms with Crippen molar-refractivity contribution in [3.8, 4) is 66.8 Å². The molecule has 0 atom stereocenters. The Labute approximate surface area is 669 Å². The summed E-state index contributed by atoms with van der Waals surface area (Å²) in [5.41, 5.74) is 48.5. The van der Waals surface area contributed by atoms with Crippen molar-refractivity contribution in [3.63, 3.8) is 0 Å². The van der Waals surface area contributed by atoms with Crippen molar-refractivity contribution >= 4 is 91.7 Å². The number of aromatic nitrogens is 8. The van der Waals surface area contributed by atoms with Crippen LogP contribution in [0.3, 0.4) is 0 Å². The Kier molecular flexibility index (Phi) is 20.3. The Morgan fingerprint density at radius 3 is 0.927 bits per heavy atom. The van der Waals surface area contributed by atoms with Gasteiger partial charge < -0.3 is 19.9 Å². The van der Waals surface area contributed by atoms with Crippen molar-refractivity contribution < 1.29 is 39.0 Å². The molecule has 0 fully saturated rings. The Balaban J connectivity index is 0.000000175.